The molecule has 0 atom stereocenters. The van der Waals surface area contributed by atoms with Crippen LogP contribution in [-0.2, 0) is 26.1 Å². The maximum Gasteiger partial charge on any atom is 0.350 e. The van der Waals surface area contributed by atoms with E-state index in [4.69, 9.17) is 4.74 Å². The highest BCUT2D eigenvalue weighted by Gasteiger charge is 2.31. The van der Waals surface area contributed by atoms with Crippen LogP contribution in [0, 0.1) is 5.82 Å². The van der Waals surface area contributed by atoms with Crippen molar-refractivity contribution in [1.29, 1.82) is 0 Å². The minimum Gasteiger partial charge on any atom is -0.465 e. The van der Waals surface area contributed by atoms with Gasteiger partial charge in [-0.1, -0.05) is 0 Å². The van der Waals surface area contributed by atoms with Gasteiger partial charge < -0.3 is 9.64 Å². The van der Waals surface area contributed by atoms with Gasteiger partial charge in [0.15, 0.2) is 5.65 Å². The van der Waals surface area contributed by atoms with E-state index in [0.29, 0.717) is 13.1 Å². The first-order valence-corrected chi connectivity index (χ1v) is 11.5. The number of fused-ring (bicyclic) bond motifs is 1. The normalized spacial score (nSPS) is 15.2. The number of ether oxygens (including phenoxy) is 1. The van der Waals surface area contributed by atoms with E-state index >= 15 is 0 Å². The first kappa shape index (κ1) is 22.0. The fourth-order valence-electron chi connectivity index (χ4n) is 3.62. The summed E-state index contributed by atoms with van der Waals surface area (Å²) in [5, 5.41) is 4.08. The molecule has 2 aromatic heterocycles. The second-order valence-corrected chi connectivity index (χ2v) is 9.09. The number of hydrogen-bond acceptors (Lipinski definition) is 7. The number of nitrogens with zero attached hydrogens (tertiary/aromatic N) is 5. The minimum absolute atomic E-state index is 0.0530. The molecular weight excluding hydrogens is 441 g/mol. The molecule has 32 heavy (non-hydrogen) atoms. The smallest absolute Gasteiger partial charge is 0.350 e. The van der Waals surface area contributed by atoms with Crippen LogP contribution in [0.3, 0.4) is 0 Å². The van der Waals surface area contributed by atoms with Crippen LogP contribution in [0.25, 0.3) is 5.65 Å². The van der Waals surface area contributed by atoms with E-state index in [-0.39, 0.29) is 36.1 Å². The lowest BCUT2D eigenvalue weighted by atomic mass is 10.2. The number of piperazine rings is 1. The molecule has 0 aliphatic carbocycles. The van der Waals surface area contributed by atoms with E-state index < -0.39 is 28.2 Å². The van der Waals surface area contributed by atoms with Crippen molar-refractivity contribution in [1.82, 2.24) is 18.5 Å². The van der Waals surface area contributed by atoms with Gasteiger partial charge in [-0.25, -0.2) is 26.7 Å². The van der Waals surface area contributed by atoms with E-state index in [1.165, 1.54) is 34.8 Å². The Labute approximate surface area is 183 Å². The summed E-state index contributed by atoms with van der Waals surface area (Å²) in [6.07, 6.45) is 1.40. The Hall–Kier alpha value is -3.25. The number of anilines is 1. The quantitative estimate of drug-likeness (QED) is 0.496. The largest absolute Gasteiger partial charge is 0.465 e. The number of aromatic nitrogens is 3. The summed E-state index contributed by atoms with van der Waals surface area (Å²) < 4.78 is 48.0. The van der Waals surface area contributed by atoms with Gasteiger partial charge in [-0.2, -0.15) is 4.31 Å². The molecule has 12 heteroatoms. The standard InChI is InChI=1S/C20H22FN5O5S/c1-2-31-18(27)14-26-20(28)25-9-3-4-17(19(25)22-26)32(29,30)24-12-10-23(11-13-24)16-7-5-15(21)6-8-16/h3-9H,2,10-14H2,1H3. The Bertz CT molecular complexity index is 1290. The summed E-state index contributed by atoms with van der Waals surface area (Å²) in [7, 11) is -3.95. The average molecular weight is 463 g/mol. The highest BCUT2D eigenvalue weighted by molar-refractivity contribution is 7.89. The van der Waals surface area contributed by atoms with Crippen molar-refractivity contribution in [3.8, 4) is 0 Å². The molecule has 1 saturated heterocycles. The molecule has 3 aromatic rings. The average Bonchev–Trinajstić information content (AvgIpc) is 3.10. The van der Waals surface area contributed by atoms with Gasteiger partial charge in [0.1, 0.15) is 17.3 Å². The zero-order chi connectivity index (χ0) is 22.9. The van der Waals surface area contributed by atoms with Crippen LogP contribution in [0.5, 0.6) is 0 Å². The highest BCUT2D eigenvalue weighted by Crippen LogP contribution is 2.23. The van der Waals surface area contributed by atoms with Crippen molar-refractivity contribution in [2.45, 2.75) is 18.4 Å². The monoisotopic (exact) mass is 463 g/mol. The third-order valence-corrected chi connectivity index (χ3v) is 7.13. The molecule has 3 heterocycles. The van der Waals surface area contributed by atoms with Crippen molar-refractivity contribution in [3.05, 3.63) is 58.9 Å². The number of carbonyl (C=O) groups excluding carboxylic acids is 1. The number of halogens is 1. The molecule has 10 nitrogen and oxygen atoms in total. The first-order chi connectivity index (χ1) is 15.3. The van der Waals surface area contributed by atoms with Crippen LogP contribution < -0.4 is 10.6 Å². The maximum absolute atomic E-state index is 13.3. The van der Waals surface area contributed by atoms with Crippen molar-refractivity contribution in [2.75, 3.05) is 37.7 Å². The van der Waals surface area contributed by atoms with Gasteiger partial charge in [0, 0.05) is 38.1 Å². The summed E-state index contributed by atoms with van der Waals surface area (Å²) in [5.41, 5.74) is 0.129. The van der Waals surface area contributed by atoms with Gasteiger partial charge in [0.25, 0.3) is 0 Å². The molecule has 1 aromatic carbocycles. The van der Waals surface area contributed by atoms with Crippen molar-refractivity contribution in [2.24, 2.45) is 0 Å². The Balaban J connectivity index is 1.59. The molecule has 1 aliphatic heterocycles. The molecule has 0 amide bonds. The number of pyridine rings is 1. The van der Waals surface area contributed by atoms with Gasteiger partial charge in [-0.05, 0) is 43.3 Å². The van der Waals surface area contributed by atoms with Gasteiger partial charge in [-0.3, -0.25) is 4.79 Å². The second kappa shape index (κ2) is 8.71. The van der Waals surface area contributed by atoms with Crippen LogP contribution >= 0.6 is 0 Å². The third-order valence-electron chi connectivity index (χ3n) is 5.21. The van der Waals surface area contributed by atoms with E-state index in [2.05, 4.69) is 5.10 Å². The lowest BCUT2D eigenvalue weighted by Gasteiger charge is -2.35. The topological polar surface area (TPSA) is 106 Å². The Morgan fingerprint density at radius 3 is 2.47 bits per heavy atom. The molecule has 0 N–H and O–H groups in total. The van der Waals surface area contributed by atoms with Gasteiger partial charge >= 0.3 is 11.7 Å². The molecular formula is C20H22FN5O5S. The molecule has 0 bridgehead atoms. The third kappa shape index (κ3) is 4.10. The van der Waals surface area contributed by atoms with Crippen molar-refractivity contribution >= 4 is 27.3 Å². The van der Waals surface area contributed by atoms with Crippen molar-refractivity contribution in [3.63, 3.8) is 0 Å². The molecule has 170 valence electrons. The minimum atomic E-state index is -3.95. The van der Waals surface area contributed by atoms with Gasteiger partial charge in [-0.15, -0.1) is 5.10 Å². The van der Waals surface area contributed by atoms with Crippen LogP contribution in [-0.4, -0.2) is 65.7 Å². The first-order valence-electron chi connectivity index (χ1n) is 10.1. The molecule has 1 fully saturated rings. The predicted octanol–water partition coefficient (Wildman–Crippen LogP) is 0.709. The van der Waals surface area contributed by atoms with E-state index in [1.54, 1.807) is 19.1 Å². The van der Waals surface area contributed by atoms with Crippen LogP contribution in [0.2, 0.25) is 0 Å². The number of carbonyl (C=O) groups is 1. The summed E-state index contributed by atoms with van der Waals surface area (Å²) in [6.45, 7) is 2.68. The Morgan fingerprint density at radius 1 is 1.12 bits per heavy atom. The zero-order valence-corrected chi connectivity index (χ0v) is 18.2. The predicted molar refractivity (Wildman–Crippen MR) is 113 cm³/mol. The van der Waals surface area contributed by atoms with Crippen molar-refractivity contribution < 1.29 is 22.3 Å². The molecule has 0 unspecified atom stereocenters. The number of benzene rings is 1. The number of hydrogen-bond donors (Lipinski definition) is 0. The second-order valence-electron chi connectivity index (χ2n) is 7.18. The van der Waals surface area contributed by atoms with Gasteiger partial charge in [0.2, 0.25) is 10.0 Å². The van der Waals surface area contributed by atoms with E-state index in [0.717, 1.165) is 14.8 Å². The van der Waals surface area contributed by atoms with E-state index in [9.17, 15) is 22.4 Å². The molecule has 1 aliphatic rings. The summed E-state index contributed by atoms with van der Waals surface area (Å²) in [4.78, 5) is 26.2. The Kier molecular flexibility index (Phi) is 5.98. The fraction of sp³-hybridized carbons (Fsp3) is 0.350. The highest BCUT2D eigenvalue weighted by atomic mass is 32.2. The van der Waals surface area contributed by atoms with Gasteiger partial charge in [0.05, 0.1) is 6.61 Å². The zero-order valence-electron chi connectivity index (χ0n) is 17.3. The number of sulfonamides is 1. The van der Waals surface area contributed by atoms with Crippen LogP contribution in [0.4, 0.5) is 10.1 Å². The molecule has 0 radical (unpaired) electrons. The number of rotatable bonds is 6. The number of esters is 1. The molecule has 0 saturated carbocycles. The van der Waals surface area contributed by atoms with Crippen LogP contribution in [0.15, 0.2) is 52.3 Å². The lowest BCUT2D eigenvalue weighted by Crippen LogP contribution is -2.48. The maximum atomic E-state index is 13.3. The fourth-order valence-corrected chi connectivity index (χ4v) is 5.17. The summed E-state index contributed by atoms with van der Waals surface area (Å²) >= 11 is 0. The summed E-state index contributed by atoms with van der Waals surface area (Å²) in [5.74, 6) is -0.972. The molecule has 0 spiro atoms. The SMILES string of the molecule is CCOC(=O)Cn1nc2c(S(=O)(=O)N3CCN(c4ccc(F)cc4)CC3)cccn2c1=O. The lowest BCUT2D eigenvalue weighted by molar-refractivity contribution is -0.144. The molecule has 4 rings (SSSR count). The summed E-state index contributed by atoms with van der Waals surface area (Å²) in [6, 6.07) is 8.88. The van der Waals surface area contributed by atoms with Crippen LogP contribution in [0.1, 0.15) is 6.92 Å². The van der Waals surface area contributed by atoms with E-state index in [1.807, 2.05) is 4.90 Å². The Morgan fingerprint density at radius 2 is 1.81 bits per heavy atom.